The Hall–Kier alpha value is -1.60. The van der Waals surface area contributed by atoms with Gasteiger partial charge in [-0.2, -0.15) is 5.10 Å². The van der Waals surface area contributed by atoms with Crippen LogP contribution >= 0.6 is 0 Å². The second-order valence-electron chi connectivity index (χ2n) is 6.20. The number of morpholine rings is 1. The molecule has 3 N–H and O–H groups in total. The van der Waals surface area contributed by atoms with Crippen LogP contribution < -0.4 is 10.6 Å². The number of aryl methyl sites for hydroxylation is 2. The molecule has 1 aromatic heterocycles. The number of H-pyrrole nitrogens is 1. The first-order valence-corrected chi connectivity index (χ1v) is 7.82. The molecule has 0 radical (unpaired) electrons. The summed E-state index contributed by atoms with van der Waals surface area (Å²) in [5.41, 5.74) is 2.40. The summed E-state index contributed by atoms with van der Waals surface area (Å²) in [5, 5.41) is 12.7. The Morgan fingerprint density at radius 2 is 2.05 bits per heavy atom. The van der Waals surface area contributed by atoms with E-state index in [0.29, 0.717) is 6.54 Å². The van der Waals surface area contributed by atoms with Crippen molar-refractivity contribution < 1.29 is 9.53 Å². The van der Waals surface area contributed by atoms with E-state index in [0.717, 1.165) is 30.2 Å². The van der Waals surface area contributed by atoms with Crippen molar-refractivity contribution in [2.45, 2.75) is 52.9 Å². The molecule has 2 heterocycles. The van der Waals surface area contributed by atoms with Gasteiger partial charge in [-0.1, -0.05) is 0 Å². The molecule has 0 unspecified atom stereocenters. The van der Waals surface area contributed by atoms with Crippen LogP contribution in [0.1, 0.15) is 32.2 Å². The number of amides is 2. The van der Waals surface area contributed by atoms with Crippen LogP contribution in [0.4, 0.5) is 10.5 Å². The molecule has 1 aliphatic heterocycles. The van der Waals surface area contributed by atoms with Gasteiger partial charge in [0.05, 0.1) is 29.3 Å². The molecular weight excluding hydrogens is 282 g/mol. The van der Waals surface area contributed by atoms with Gasteiger partial charge in [-0.25, -0.2) is 4.79 Å². The lowest BCUT2D eigenvalue weighted by atomic mass is 10.2. The quantitative estimate of drug-likeness (QED) is 0.790. The van der Waals surface area contributed by atoms with Gasteiger partial charge in [-0.15, -0.1) is 0 Å². The molecule has 1 fully saturated rings. The normalized spacial score (nSPS) is 24.0. The van der Waals surface area contributed by atoms with E-state index in [1.165, 1.54) is 0 Å². The monoisotopic (exact) mass is 309 g/mol. The summed E-state index contributed by atoms with van der Waals surface area (Å²) in [6, 6.07) is 0.0694. The summed E-state index contributed by atoms with van der Waals surface area (Å²) < 4.78 is 5.74. The molecule has 0 aliphatic carbocycles. The van der Waals surface area contributed by atoms with Gasteiger partial charge in [-0.05, 0) is 34.6 Å². The summed E-state index contributed by atoms with van der Waals surface area (Å²) in [7, 11) is 0. The van der Waals surface area contributed by atoms with Crippen molar-refractivity contribution in [1.82, 2.24) is 20.4 Å². The van der Waals surface area contributed by atoms with Gasteiger partial charge in [0.25, 0.3) is 0 Å². The number of aromatic amines is 1. The molecule has 2 amide bonds. The topological polar surface area (TPSA) is 82.3 Å². The smallest absolute Gasteiger partial charge is 0.319 e. The van der Waals surface area contributed by atoms with E-state index >= 15 is 0 Å². The largest absolute Gasteiger partial charge is 0.373 e. The highest BCUT2D eigenvalue weighted by Gasteiger charge is 2.25. The van der Waals surface area contributed by atoms with Crippen LogP contribution in [0.5, 0.6) is 0 Å². The summed E-state index contributed by atoms with van der Waals surface area (Å²) in [6.07, 6.45) is 0.465. The molecule has 2 rings (SSSR count). The first-order chi connectivity index (χ1) is 10.4. The average molecular weight is 309 g/mol. The lowest BCUT2D eigenvalue weighted by molar-refractivity contribution is -0.0777. The van der Waals surface area contributed by atoms with Gasteiger partial charge in [0.1, 0.15) is 0 Å². The Morgan fingerprint density at radius 3 is 2.59 bits per heavy atom. The third kappa shape index (κ3) is 4.20. The van der Waals surface area contributed by atoms with Crippen LogP contribution in [0.15, 0.2) is 0 Å². The zero-order chi connectivity index (χ0) is 16.3. The maximum absolute atomic E-state index is 12.0. The standard InChI is InChI=1S/C15H27N5O2/c1-9(20-7-10(2)22-11(3)8-20)6-16-15(21)17-14-12(4)18-19-13(14)5/h9-11H,6-8H2,1-5H3,(H,18,19)(H2,16,17,21)/t9-,10+,11+/m0/s1. The van der Waals surface area contributed by atoms with E-state index in [2.05, 4.69) is 46.5 Å². The Balaban J connectivity index is 1.80. The number of anilines is 1. The van der Waals surface area contributed by atoms with E-state index in [1.54, 1.807) is 0 Å². The first kappa shape index (κ1) is 16.8. The predicted molar refractivity (Wildman–Crippen MR) is 86.1 cm³/mol. The predicted octanol–water partition coefficient (Wildman–Crippen LogP) is 1.65. The summed E-state index contributed by atoms with van der Waals surface area (Å²) >= 11 is 0. The fourth-order valence-corrected chi connectivity index (χ4v) is 2.84. The Morgan fingerprint density at radius 1 is 1.41 bits per heavy atom. The van der Waals surface area contributed by atoms with Crippen molar-refractivity contribution >= 4 is 11.7 Å². The lowest BCUT2D eigenvalue weighted by Gasteiger charge is -2.38. The number of hydrogen-bond donors (Lipinski definition) is 3. The van der Waals surface area contributed by atoms with Crippen molar-refractivity contribution in [1.29, 1.82) is 0 Å². The van der Waals surface area contributed by atoms with Gasteiger partial charge in [0.2, 0.25) is 0 Å². The minimum absolute atomic E-state index is 0.200. The van der Waals surface area contributed by atoms with Crippen molar-refractivity contribution in [3.8, 4) is 0 Å². The van der Waals surface area contributed by atoms with E-state index in [4.69, 9.17) is 4.74 Å². The Labute approximate surface area is 131 Å². The molecule has 0 aromatic carbocycles. The van der Waals surface area contributed by atoms with Gasteiger partial charge in [-0.3, -0.25) is 10.00 Å². The van der Waals surface area contributed by atoms with Crippen LogP contribution in [0.25, 0.3) is 0 Å². The molecule has 1 saturated heterocycles. The average Bonchev–Trinajstić information content (AvgIpc) is 2.75. The van der Waals surface area contributed by atoms with Crippen LogP contribution in [-0.4, -0.2) is 59.0 Å². The maximum Gasteiger partial charge on any atom is 0.319 e. The summed E-state index contributed by atoms with van der Waals surface area (Å²) in [6.45, 7) is 12.4. The number of urea groups is 1. The Kier molecular flexibility index (Phi) is 5.42. The van der Waals surface area contributed by atoms with Gasteiger partial charge in [0, 0.05) is 25.7 Å². The minimum atomic E-state index is -0.200. The zero-order valence-electron chi connectivity index (χ0n) is 14.1. The molecule has 1 aliphatic rings. The van der Waals surface area contributed by atoms with Crippen molar-refractivity contribution in [2.24, 2.45) is 0 Å². The first-order valence-electron chi connectivity index (χ1n) is 7.82. The molecule has 124 valence electrons. The second kappa shape index (κ2) is 7.11. The van der Waals surface area contributed by atoms with E-state index in [9.17, 15) is 4.79 Å². The van der Waals surface area contributed by atoms with Crippen LogP contribution in [0, 0.1) is 13.8 Å². The van der Waals surface area contributed by atoms with Crippen molar-refractivity contribution in [2.75, 3.05) is 25.0 Å². The number of nitrogens with one attached hydrogen (secondary N) is 3. The van der Waals surface area contributed by atoms with Crippen LogP contribution in [0.2, 0.25) is 0 Å². The highest BCUT2D eigenvalue weighted by atomic mass is 16.5. The van der Waals surface area contributed by atoms with Gasteiger partial charge < -0.3 is 15.4 Å². The number of hydrogen-bond acceptors (Lipinski definition) is 4. The molecule has 0 spiro atoms. The Bertz CT molecular complexity index is 487. The van der Waals surface area contributed by atoms with Crippen LogP contribution in [-0.2, 0) is 4.74 Å². The molecule has 7 heteroatoms. The second-order valence-corrected chi connectivity index (χ2v) is 6.20. The highest BCUT2D eigenvalue weighted by Crippen LogP contribution is 2.16. The zero-order valence-corrected chi connectivity index (χ0v) is 14.1. The number of rotatable bonds is 4. The fraction of sp³-hybridized carbons (Fsp3) is 0.733. The highest BCUT2D eigenvalue weighted by molar-refractivity contribution is 5.90. The van der Waals surface area contributed by atoms with E-state index < -0.39 is 0 Å². The molecule has 0 bridgehead atoms. The summed E-state index contributed by atoms with van der Waals surface area (Å²) in [4.78, 5) is 14.4. The minimum Gasteiger partial charge on any atom is -0.373 e. The van der Waals surface area contributed by atoms with E-state index in [1.807, 2.05) is 13.8 Å². The van der Waals surface area contributed by atoms with Gasteiger partial charge in [0.15, 0.2) is 0 Å². The molecule has 7 nitrogen and oxygen atoms in total. The lowest BCUT2D eigenvalue weighted by Crippen LogP contribution is -2.52. The van der Waals surface area contributed by atoms with Gasteiger partial charge >= 0.3 is 6.03 Å². The number of ether oxygens (including phenoxy) is 1. The SMILES string of the molecule is Cc1n[nH]c(C)c1NC(=O)NC[C@H](C)N1C[C@@H](C)O[C@H](C)C1. The molecular formula is C15H27N5O2. The third-order valence-electron chi connectivity index (χ3n) is 4.00. The molecule has 22 heavy (non-hydrogen) atoms. The number of carbonyl (C=O) groups is 1. The fourth-order valence-electron chi connectivity index (χ4n) is 2.84. The van der Waals surface area contributed by atoms with Crippen molar-refractivity contribution in [3.63, 3.8) is 0 Å². The molecule has 1 aromatic rings. The molecule has 3 atom stereocenters. The summed E-state index contributed by atoms with van der Waals surface area (Å²) in [5.74, 6) is 0. The van der Waals surface area contributed by atoms with E-state index in [-0.39, 0.29) is 24.3 Å². The number of aromatic nitrogens is 2. The van der Waals surface area contributed by atoms with Crippen LogP contribution in [0.3, 0.4) is 0 Å². The number of nitrogens with zero attached hydrogens (tertiary/aromatic N) is 2. The maximum atomic E-state index is 12.0. The molecule has 0 saturated carbocycles. The number of carbonyl (C=O) groups excluding carboxylic acids is 1. The van der Waals surface area contributed by atoms with Crippen molar-refractivity contribution in [3.05, 3.63) is 11.4 Å². The third-order valence-corrected chi connectivity index (χ3v) is 4.00.